The van der Waals surface area contributed by atoms with Crippen molar-refractivity contribution >= 4 is 29.3 Å². The molecule has 0 saturated carbocycles. The van der Waals surface area contributed by atoms with Crippen LogP contribution >= 0.6 is 11.8 Å². The number of nitriles is 1. The van der Waals surface area contributed by atoms with Crippen LogP contribution in [0.1, 0.15) is 12.0 Å². The molecule has 0 saturated heterocycles. The predicted molar refractivity (Wildman–Crippen MR) is 73.7 cm³/mol. The minimum Gasteiger partial charge on any atom is -0.469 e. The Morgan fingerprint density at radius 3 is 2.63 bits per heavy atom. The van der Waals surface area contributed by atoms with Gasteiger partial charge in [0.2, 0.25) is 5.91 Å². The summed E-state index contributed by atoms with van der Waals surface area (Å²) in [7, 11) is 1.34. The van der Waals surface area contributed by atoms with Crippen LogP contribution in [-0.2, 0) is 14.3 Å². The number of ether oxygens (including phenoxy) is 1. The zero-order valence-electron chi connectivity index (χ0n) is 10.5. The molecule has 0 atom stereocenters. The SMILES string of the molecule is COC(=O)CCSCC(=O)Nc1ccc(C#N)cc1. The highest BCUT2D eigenvalue weighted by Gasteiger charge is 2.04. The van der Waals surface area contributed by atoms with Gasteiger partial charge >= 0.3 is 5.97 Å². The number of nitrogens with one attached hydrogen (secondary N) is 1. The average Bonchev–Trinajstić information content (AvgIpc) is 2.44. The number of carbonyl (C=O) groups is 2. The van der Waals surface area contributed by atoms with E-state index >= 15 is 0 Å². The first kappa shape index (κ1) is 15.1. The molecule has 1 aromatic carbocycles. The minimum atomic E-state index is -0.278. The van der Waals surface area contributed by atoms with Gasteiger partial charge in [0.05, 0.1) is 30.9 Å². The van der Waals surface area contributed by atoms with Gasteiger partial charge in [-0.2, -0.15) is 17.0 Å². The van der Waals surface area contributed by atoms with Gasteiger partial charge in [0.1, 0.15) is 0 Å². The molecule has 19 heavy (non-hydrogen) atoms. The van der Waals surface area contributed by atoms with Crippen LogP contribution in [0.15, 0.2) is 24.3 Å². The predicted octanol–water partition coefficient (Wildman–Crippen LogP) is 1.79. The van der Waals surface area contributed by atoms with E-state index in [2.05, 4.69) is 10.1 Å². The molecule has 1 N–H and O–H groups in total. The van der Waals surface area contributed by atoms with Gasteiger partial charge in [-0.1, -0.05) is 0 Å². The maximum atomic E-state index is 11.6. The number of esters is 1. The molecule has 1 rings (SSSR count). The molecule has 1 aromatic rings. The Morgan fingerprint density at radius 1 is 1.37 bits per heavy atom. The maximum absolute atomic E-state index is 11.6. The van der Waals surface area contributed by atoms with Crippen molar-refractivity contribution in [2.24, 2.45) is 0 Å². The fourth-order valence-electron chi connectivity index (χ4n) is 1.25. The van der Waals surface area contributed by atoms with E-state index in [0.717, 1.165) is 0 Å². The number of carbonyl (C=O) groups excluding carboxylic acids is 2. The second-order valence-electron chi connectivity index (χ2n) is 3.62. The molecule has 1 amide bonds. The first-order valence-corrected chi connectivity index (χ1v) is 6.75. The third-order valence-electron chi connectivity index (χ3n) is 2.21. The number of hydrogen-bond donors (Lipinski definition) is 1. The minimum absolute atomic E-state index is 0.139. The lowest BCUT2D eigenvalue weighted by molar-refractivity contribution is -0.140. The molecule has 0 aliphatic heterocycles. The van der Waals surface area contributed by atoms with Crippen LogP contribution in [0.25, 0.3) is 0 Å². The van der Waals surface area contributed by atoms with E-state index in [1.165, 1.54) is 18.9 Å². The Kier molecular flexibility index (Phi) is 6.47. The third-order valence-corrected chi connectivity index (χ3v) is 3.17. The summed E-state index contributed by atoms with van der Waals surface area (Å²) in [6.07, 6.45) is 0.297. The average molecular weight is 278 g/mol. The number of benzene rings is 1. The number of amides is 1. The topological polar surface area (TPSA) is 79.2 Å². The van der Waals surface area contributed by atoms with Crippen LogP contribution in [0.2, 0.25) is 0 Å². The van der Waals surface area contributed by atoms with Gasteiger partial charge in [-0.3, -0.25) is 9.59 Å². The second kappa shape index (κ2) is 8.16. The number of nitrogens with zero attached hydrogens (tertiary/aromatic N) is 1. The normalized spacial score (nSPS) is 9.47. The Labute approximate surface area is 115 Å². The van der Waals surface area contributed by atoms with Crippen molar-refractivity contribution in [3.05, 3.63) is 29.8 Å². The van der Waals surface area contributed by atoms with Gasteiger partial charge in [-0.15, -0.1) is 0 Å². The Hall–Kier alpha value is -2.00. The van der Waals surface area contributed by atoms with Gasteiger partial charge in [0, 0.05) is 11.4 Å². The fourth-order valence-corrected chi connectivity index (χ4v) is 1.96. The van der Waals surface area contributed by atoms with Crippen molar-refractivity contribution in [3.8, 4) is 6.07 Å². The quantitative estimate of drug-likeness (QED) is 0.634. The standard InChI is InChI=1S/C13H14N2O3S/c1-18-13(17)6-7-19-9-12(16)15-11-4-2-10(8-14)3-5-11/h2-5H,6-7,9H2,1H3,(H,15,16). The summed E-state index contributed by atoms with van der Waals surface area (Å²) in [4.78, 5) is 22.4. The maximum Gasteiger partial charge on any atom is 0.306 e. The summed E-state index contributed by atoms with van der Waals surface area (Å²) in [5.74, 6) is 0.407. The summed E-state index contributed by atoms with van der Waals surface area (Å²) < 4.78 is 4.50. The molecule has 0 unspecified atom stereocenters. The lowest BCUT2D eigenvalue weighted by atomic mass is 10.2. The van der Waals surface area contributed by atoms with E-state index in [0.29, 0.717) is 23.4 Å². The van der Waals surface area contributed by atoms with Crippen molar-refractivity contribution < 1.29 is 14.3 Å². The number of hydrogen-bond acceptors (Lipinski definition) is 5. The largest absolute Gasteiger partial charge is 0.469 e. The highest BCUT2D eigenvalue weighted by atomic mass is 32.2. The lowest BCUT2D eigenvalue weighted by Crippen LogP contribution is -2.14. The van der Waals surface area contributed by atoms with Crippen LogP contribution in [0, 0.1) is 11.3 Å². The number of thioether (sulfide) groups is 1. The molecule has 100 valence electrons. The summed E-state index contributed by atoms with van der Waals surface area (Å²) in [5, 5.41) is 11.4. The molecule has 0 aromatic heterocycles. The zero-order chi connectivity index (χ0) is 14.1. The molecule has 5 nitrogen and oxygen atoms in total. The van der Waals surface area contributed by atoms with Gasteiger partial charge < -0.3 is 10.1 Å². The van der Waals surface area contributed by atoms with Crippen LogP contribution in [0.3, 0.4) is 0 Å². The molecular weight excluding hydrogens is 264 g/mol. The van der Waals surface area contributed by atoms with E-state index in [1.54, 1.807) is 24.3 Å². The summed E-state index contributed by atoms with van der Waals surface area (Å²) >= 11 is 1.37. The first-order chi connectivity index (χ1) is 9.15. The van der Waals surface area contributed by atoms with Crippen molar-refractivity contribution in [3.63, 3.8) is 0 Å². The van der Waals surface area contributed by atoms with E-state index < -0.39 is 0 Å². The van der Waals surface area contributed by atoms with E-state index in [1.807, 2.05) is 6.07 Å². The summed E-state index contributed by atoms with van der Waals surface area (Å²) in [5.41, 5.74) is 1.20. The number of anilines is 1. The van der Waals surface area contributed by atoms with Gasteiger partial charge in [-0.05, 0) is 24.3 Å². The Balaban J connectivity index is 2.27. The lowest BCUT2D eigenvalue weighted by Gasteiger charge is -2.04. The monoisotopic (exact) mass is 278 g/mol. The van der Waals surface area contributed by atoms with Gasteiger partial charge in [-0.25, -0.2) is 0 Å². The molecule has 0 heterocycles. The molecule has 0 spiro atoms. The molecule has 0 radical (unpaired) electrons. The molecule has 0 fully saturated rings. The van der Waals surface area contributed by atoms with Crippen LogP contribution in [-0.4, -0.2) is 30.5 Å². The van der Waals surface area contributed by atoms with E-state index in [4.69, 9.17) is 5.26 Å². The number of methoxy groups -OCH3 is 1. The number of rotatable bonds is 6. The van der Waals surface area contributed by atoms with Crippen LogP contribution in [0.5, 0.6) is 0 Å². The van der Waals surface area contributed by atoms with Crippen molar-refractivity contribution in [1.82, 2.24) is 0 Å². The third kappa shape index (κ3) is 5.93. The highest BCUT2D eigenvalue weighted by Crippen LogP contribution is 2.10. The molecular formula is C13H14N2O3S. The van der Waals surface area contributed by atoms with Crippen molar-refractivity contribution in [1.29, 1.82) is 5.26 Å². The highest BCUT2D eigenvalue weighted by molar-refractivity contribution is 7.99. The molecule has 0 aliphatic carbocycles. The summed E-state index contributed by atoms with van der Waals surface area (Å²) in [6.45, 7) is 0. The molecule has 6 heteroatoms. The smallest absolute Gasteiger partial charge is 0.306 e. The van der Waals surface area contributed by atoms with Crippen LogP contribution < -0.4 is 5.32 Å². The summed E-state index contributed by atoms with van der Waals surface area (Å²) in [6, 6.07) is 8.64. The molecule has 0 bridgehead atoms. The Bertz CT molecular complexity index is 480. The van der Waals surface area contributed by atoms with E-state index in [9.17, 15) is 9.59 Å². The molecule has 0 aliphatic rings. The first-order valence-electron chi connectivity index (χ1n) is 5.60. The zero-order valence-corrected chi connectivity index (χ0v) is 11.3. The van der Waals surface area contributed by atoms with E-state index in [-0.39, 0.29) is 17.6 Å². The van der Waals surface area contributed by atoms with Crippen LogP contribution in [0.4, 0.5) is 5.69 Å². The Morgan fingerprint density at radius 2 is 2.05 bits per heavy atom. The van der Waals surface area contributed by atoms with Gasteiger partial charge in [0.15, 0.2) is 0 Å². The second-order valence-corrected chi connectivity index (χ2v) is 4.72. The fraction of sp³-hybridized carbons (Fsp3) is 0.308. The van der Waals surface area contributed by atoms with Gasteiger partial charge in [0.25, 0.3) is 0 Å². The van der Waals surface area contributed by atoms with Crippen molar-refractivity contribution in [2.45, 2.75) is 6.42 Å². The van der Waals surface area contributed by atoms with Crippen molar-refractivity contribution in [2.75, 3.05) is 23.9 Å².